The molecule has 1 fully saturated rings. The molecule has 0 saturated carbocycles. The summed E-state index contributed by atoms with van der Waals surface area (Å²) in [5, 5.41) is 55.6. The van der Waals surface area contributed by atoms with E-state index in [0.29, 0.717) is 18.8 Å². The number of carboxylic acids is 1. The minimum absolute atomic E-state index is 0.0122. The Morgan fingerprint density at radius 2 is 1.54 bits per heavy atom. The molecule has 2 aromatic carbocycles. The van der Waals surface area contributed by atoms with Crippen molar-refractivity contribution in [3.63, 3.8) is 0 Å². The van der Waals surface area contributed by atoms with E-state index >= 15 is 0 Å². The number of azide groups is 1. The largest absolute Gasteiger partial charge is 0.480 e. The number of hydrogen-bond acceptors (Lipinski definition) is 16. The Hall–Kier alpha value is -3.79. The monoisotopic (exact) mass is 729 g/mol. The molecular formula is C30H43N5O14S. The number of carbonyl (C=O) groups is 1. The van der Waals surface area contributed by atoms with E-state index in [1.807, 2.05) is 0 Å². The lowest BCUT2D eigenvalue weighted by Gasteiger charge is -2.39. The number of aliphatic carboxylic acids is 1. The topological polar surface area (TPSA) is 273 Å². The zero-order valence-corrected chi connectivity index (χ0v) is 28.1. The molecule has 50 heavy (non-hydrogen) atoms. The fraction of sp³-hybridized carbons (Fsp3) is 0.567. The van der Waals surface area contributed by atoms with Crippen LogP contribution < -0.4 is 18.4 Å². The number of aliphatic hydroxyl groups is 4. The molecule has 6 N–H and O–H groups in total. The van der Waals surface area contributed by atoms with E-state index in [2.05, 4.69) is 19.7 Å². The van der Waals surface area contributed by atoms with Gasteiger partial charge in [0.1, 0.15) is 36.2 Å². The molecule has 1 aliphatic heterocycles. The van der Waals surface area contributed by atoms with E-state index in [1.165, 1.54) is 31.3 Å². The highest BCUT2D eigenvalue weighted by molar-refractivity contribution is 7.85. The van der Waals surface area contributed by atoms with Crippen LogP contribution in [0.2, 0.25) is 0 Å². The minimum atomic E-state index is -4.03. The maximum atomic E-state index is 14.1. The summed E-state index contributed by atoms with van der Waals surface area (Å²) in [5.41, 5.74) is 8.90. The van der Waals surface area contributed by atoms with Gasteiger partial charge in [0, 0.05) is 11.5 Å². The molecule has 1 heterocycles. The first-order valence-electron chi connectivity index (χ1n) is 15.5. The van der Waals surface area contributed by atoms with Gasteiger partial charge < -0.3 is 62.9 Å². The number of nitrogens with one attached hydrogen (secondary N) is 1. The molecule has 0 aromatic heterocycles. The second kappa shape index (κ2) is 21.4. The summed E-state index contributed by atoms with van der Waals surface area (Å²) in [6.45, 7) is 0.759. The Labute approximate surface area is 288 Å². The van der Waals surface area contributed by atoms with Crippen molar-refractivity contribution in [3.8, 4) is 17.2 Å². The van der Waals surface area contributed by atoms with E-state index in [4.69, 9.17) is 37.6 Å². The number of likely N-dealkylation sites (N-methyl/N-ethyl adjacent to an activating group) is 1. The number of aliphatic hydroxyl groups excluding tert-OH is 4. The SMILES string of the molecule is CN[C@@H](Cc1ccc(OS(=O)(=NCCOCCOCCOCCN=[N+]=[N-])Oc2ccccc2O[C@@H]2O[C@H](CO)[C@H](O)[C@H](O)[C@H]2O)cc1)C(=O)O. The van der Waals surface area contributed by atoms with Crippen LogP contribution >= 0.6 is 0 Å². The molecule has 1 unspecified atom stereocenters. The Morgan fingerprint density at radius 3 is 2.14 bits per heavy atom. The van der Waals surface area contributed by atoms with Crippen molar-refractivity contribution in [1.29, 1.82) is 0 Å². The fourth-order valence-corrected chi connectivity index (χ4v) is 5.50. The fourth-order valence-electron chi connectivity index (χ4n) is 4.35. The Kier molecular flexibility index (Phi) is 17.4. The molecule has 1 saturated heterocycles. The first-order chi connectivity index (χ1) is 24.1. The van der Waals surface area contributed by atoms with Crippen LogP contribution in [0.3, 0.4) is 0 Å². The third-order valence-corrected chi connectivity index (χ3v) is 8.27. The molecule has 2 aromatic rings. The van der Waals surface area contributed by atoms with E-state index in [-0.39, 0.29) is 63.2 Å². The van der Waals surface area contributed by atoms with Crippen LogP contribution in [0.5, 0.6) is 17.2 Å². The van der Waals surface area contributed by atoms with Gasteiger partial charge in [-0.05, 0) is 48.8 Å². The lowest BCUT2D eigenvalue weighted by molar-refractivity contribution is -0.277. The highest BCUT2D eigenvalue weighted by Gasteiger charge is 2.45. The Bertz CT molecular complexity index is 1490. The average molecular weight is 730 g/mol. The smallest absolute Gasteiger partial charge is 0.388 e. The third kappa shape index (κ3) is 13.2. The van der Waals surface area contributed by atoms with Crippen molar-refractivity contribution in [2.45, 2.75) is 43.2 Å². The molecule has 0 bridgehead atoms. The molecule has 19 nitrogen and oxygen atoms in total. The summed E-state index contributed by atoms with van der Waals surface area (Å²) in [4.78, 5) is 14.0. The normalized spacial score (nSPS) is 22.1. The van der Waals surface area contributed by atoms with Crippen LogP contribution in [-0.2, 0) is 40.5 Å². The van der Waals surface area contributed by atoms with Crippen molar-refractivity contribution in [2.24, 2.45) is 9.48 Å². The Morgan fingerprint density at radius 1 is 0.920 bits per heavy atom. The summed E-state index contributed by atoms with van der Waals surface area (Å²) in [7, 11) is -2.49. The molecule has 0 radical (unpaired) electrons. The molecule has 0 spiro atoms. The number of para-hydroxylation sites is 2. The van der Waals surface area contributed by atoms with Crippen LogP contribution in [0.15, 0.2) is 58.0 Å². The quantitative estimate of drug-likeness (QED) is 0.0386. The van der Waals surface area contributed by atoms with Gasteiger partial charge in [-0.3, -0.25) is 4.79 Å². The lowest BCUT2D eigenvalue weighted by Crippen LogP contribution is -2.60. The maximum absolute atomic E-state index is 14.1. The van der Waals surface area contributed by atoms with Gasteiger partial charge >= 0.3 is 16.3 Å². The van der Waals surface area contributed by atoms with Crippen molar-refractivity contribution < 1.29 is 66.6 Å². The number of nitrogens with zero attached hydrogens (tertiary/aromatic N) is 4. The summed E-state index contributed by atoms with van der Waals surface area (Å²) in [6.07, 6.45) is -7.62. The molecule has 1 aliphatic rings. The van der Waals surface area contributed by atoms with Gasteiger partial charge in [-0.15, -0.1) is 0 Å². The van der Waals surface area contributed by atoms with Crippen molar-refractivity contribution in [3.05, 3.63) is 64.5 Å². The second-order valence-electron chi connectivity index (χ2n) is 10.5. The predicted molar refractivity (Wildman–Crippen MR) is 175 cm³/mol. The molecule has 7 atom stereocenters. The zero-order chi connectivity index (χ0) is 36.4. The van der Waals surface area contributed by atoms with E-state index < -0.39 is 59.6 Å². The summed E-state index contributed by atoms with van der Waals surface area (Å²) < 4.78 is 57.0. The molecule has 278 valence electrons. The highest BCUT2D eigenvalue weighted by atomic mass is 32.2. The molecular weight excluding hydrogens is 686 g/mol. The van der Waals surface area contributed by atoms with Gasteiger partial charge in [0.15, 0.2) is 11.5 Å². The summed E-state index contributed by atoms with van der Waals surface area (Å²) in [5.74, 6) is -1.18. The summed E-state index contributed by atoms with van der Waals surface area (Å²) >= 11 is 0. The van der Waals surface area contributed by atoms with Crippen molar-refractivity contribution >= 4 is 16.3 Å². The number of benzene rings is 2. The molecule has 3 rings (SSSR count). The number of ether oxygens (including phenoxy) is 5. The van der Waals surface area contributed by atoms with Crippen LogP contribution in [0.1, 0.15) is 5.56 Å². The van der Waals surface area contributed by atoms with Crippen molar-refractivity contribution in [2.75, 3.05) is 66.4 Å². The van der Waals surface area contributed by atoms with Crippen LogP contribution in [0.4, 0.5) is 0 Å². The van der Waals surface area contributed by atoms with E-state index in [1.54, 1.807) is 24.3 Å². The van der Waals surface area contributed by atoms with Gasteiger partial charge in [-0.25, -0.2) is 0 Å². The van der Waals surface area contributed by atoms with Gasteiger partial charge in [-0.1, -0.05) is 29.4 Å². The molecule has 0 amide bonds. The molecule has 0 aliphatic carbocycles. The standard InChI is InChI=1S/C30H43N5O14S/c1-32-22(29(40)41)18-20-6-8-21(9-7-20)48-50(42,34-11-13-44-15-17-45-16-14-43-12-10-33-35-31)49-24-5-3-2-4-23(24)46-30-28(39)27(38)26(37)25(19-36)47-30/h2-9,22,25-28,30,32,36-39H,10-19H2,1H3,(H,40,41)/t22-,25+,26-,27-,28+,30+,50?/m0/s1. The molecule has 20 heteroatoms. The van der Waals surface area contributed by atoms with Crippen molar-refractivity contribution in [1.82, 2.24) is 5.32 Å². The van der Waals surface area contributed by atoms with Crippen LogP contribution in [0.25, 0.3) is 10.4 Å². The summed E-state index contributed by atoms with van der Waals surface area (Å²) in [6, 6.07) is 11.2. The second-order valence-corrected chi connectivity index (χ2v) is 12.0. The van der Waals surface area contributed by atoms with Gasteiger partial charge in [0.2, 0.25) is 6.29 Å². The number of rotatable bonds is 23. The van der Waals surface area contributed by atoms with Gasteiger partial charge in [-0.2, -0.15) is 8.57 Å². The van der Waals surface area contributed by atoms with Gasteiger partial charge in [0.05, 0.1) is 52.8 Å². The number of carboxylic acid groups (broad SMARTS) is 1. The average Bonchev–Trinajstić information content (AvgIpc) is 3.10. The first-order valence-corrected chi connectivity index (χ1v) is 16.9. The van der Waals surface area contributed by atoms with Crippen LogP contribution in [-0.4, -0.2) is 139 Å². The number of hydrogen-bond donors (Lipinski definition) is 6. The zero-order valence-electron chi connectivity index (χ0n) is 27.3. The Balaban J connectivity index is 1.70. The minimum Gasteiger partial charge on any atom is -0.480 e. The van der Waals surface area contributed by atoms with E-state index in [9.17, 15) is 34.5 Å². The van der Waals surface area contributed by atoms with Crippen LogP contribution in [0, 0.1) is 0 Å². The maximum Gasteiger partial charge on any atom is 0.388 e. The predicted octanol–water partition coefficient (Wildman–Crippen LogP) is 0.196. The van der Waals surface area contributed by atoms with Gasteiger partial charge in [0.25, 0.3) is 0 Å². The third-order valence-electron chi connectivity index (χ3n) is 6.98. The highest BCUT2D eigenvalue weighted by Crippen LogP contribution is 2.33. The van der Waals surface area contributed by atoms with E-state index in [0.717, 1.165) is 0 Å². The lowest BCUT2D eigenvalue weighted by atomic mass is 9.99. The first kappa shape index (κ1) is 40.6.